The summed E-state index contributed by atoms with van der Waals surface area (Å²) in [5, 5.41) is 0. The zero-order chi connectivity index (χ0) is 12.6. The molecule has 0 radical (unpaired) electrons. The molecule has 1 aliphatic carbocycles. The second-order valence-electron chi connectivity index (χ2n) is 6.74. The van der Waals surface area contributed by atoms with Gasteiger partial charge in [0.25, 0.3) is 0 Å². The molecule has 0 saturated heterocycles. The molecular formula is C13H25NO2. The smallest absolute Gasteiger partial charge is 0.326 e. The molecule has 2 N–H and O–H groups in total. The van der Waals surface area contributed by atoms with Crippen molar-refractivity contribution in [3.05, 3.63) is 0 Å². The van der Waals surface area contributed by atoms with Gasteiger partial charge in [0, 0.05) is 0 Å². The molecule has 0 unspecified atom stereocenters. The first-order chi connectivity index (χ1) is 7.10. The highest BCUT2D eigenvalue weighted by atomic mass is 16.5. The summed E-state index contributed by atoms with van der Waals surface area (Å²) in [6, 6.07) is 0. The van der Waals surface area contributed by atoms with Crippen LogP contribution in [0.1, 0.15) is 53.9 Å². The van der Waals surface area contributed by atoms with Gasteiger partial charge in [-0.3, -0.25) is 4.79 Å². The SMILES string of the molecule is CCOC(=O)C1(N)CC(C)(C)CC(C)(C)C1. The third-order valence-corrected chi connectivity index (χ3v) is 3.23. The Kier molecular flexibility index (Phi) is 3.39. The van der Waals surface area contributed by atoms with Crippen LogP contribution in [0.25, 0.3) is 0 Å². The van der Waals surface area contributed by atoms with Gasteiger partial charge in [0.15, 0.2) is 0 Å². The van der Waals surface area contributed by atoms with E-state index >= 15 is 0 Å². The summed E-state index contributed by atoms with van der Waals surface area (Å²) in [5.41, 5.74) is 5.66. The van der Waals surface area contributed by atoms with E-state index in [0.29, 0.717) is 19.4 Å². The molecule has 1 rings (SSSR count). The Bertz CT molecular complexity index is 266. The van der Waals surface area contributed by atoms with Gasteiger partial charge in [-0.15, -0.1) is 0 Å². The number of nitrogens with two attached hydrogens (primary N) is 1. The summed E-state index contributed by atoms with van der Waals surface area (Å²) in [5.74, 6) is -0.240. The average Bonchev–Trinajstić information content (AvgIpc) is 1.97. The second kappa shape index (κ2) is 4.02. The molecule has 0 aliphatic heterocycles. The van der Waals surface area contributed by atoms with Gasteiger partial charge in [-0.25, -0.2) is 0 Å². The zero-order valence-electron chi connectivity index (χ0n) is 11.2. The van der Waals surface area contributed by atoms with Gasteiger partial charge in [0.1, 0.15) is 5.54 Å². The number of esters is 1. The lowest BCUT2D eigenvalue weighted by molar-refractivity contribution is -0.155. The number of carbonyl (C=O) groups is 1. The average molecular weight is 227 g/mol. The van der Waals surface area contributed by atoms with Crippen molar-refractivity contribution in [2.24, 2.45) is 16.6 Å². The fraction of sp³-hybridized carbons (Fsp3) is 0.923. The van der Waals surface area contributed by atoms with Crippen molar-refractivity contribution in [2.45, 2.75) is 59.4 Å². The molecule has 3 heteroatoms. The first kappa shape index (κ1) is 13.5. The van der Waals surface area contributed by atoms with Crippen LogP contribution in [0.4, 0.5) is 0 Å². The van der Waals surface area contributed by atoms with Gasteiger partial charge in [-0.2, -0.15) is 0 Å². The number of ether oxygens (including phenoxy) is 1. The molecule has 0 aromatic heterocycles. The molecular weight excluding hydrogens is 202 g/mol. The fourth-order valence-corrected chi connectivity index (χ4v) is 3.61. The fourth-order valence-electron chi connectivity index (χ4n) is 3.61. The maximum absolute atomic E-state index is 11.9. The van der Waals surface area contributed by atoms with Crippen LogP contribution in [-0.4, -0.2) is 18.1 Å². The Hall–Kier alpha value is -0.570. The largest absolute Gasteiger partial charge is 0.465 e. The Morgan fingerprint density at radius 3 is 1.94 bits per heavy atom. The van der Waals surface area contributed by atoms with Gasteiger partial charge in [-0.05, 0) is 37.0 Å². The lowest BCUT2D eigenvalue weighted by atomic mass is 9.58. The van der Waals surface area contributed by atoms with E-state index in [0.717, 1.165) is 6.42 Å². The standard InChI is InChI=1S/C13H25NO2/c1-6-16-10(15)13(14)8-11(2,3)7-12(4,5)9-13/h6-9,14H2,1-5H3. The molecule has 0 heterocycles. The Morgan fingerprint density at radius 1 is 1.12 bits per heavy atom. The van der Waals surface area contributed by atoms with E-state index in [4.69, 9.17) is 10.5 Å². The van der Waals surface area contributed by atoms with Crippen LogP contribution in [0, 0.1) is 10.8 Å². The zero-order valence-corrected chi connectivity index (χ0v) is 11.2. The molecule has 0 bridgehead atoms. The molecule has 1 fully saturated rings. The van der Waals surface area contributed by atoms with Gasteiger partial charge < -0.3 is 10.5 Å². The van der Waals surface area contributed by atoms with Crippen molar-refractivity contribution in [3.63, 3.8) is 0 Å². The summed E-state index contributed by atoms with van der Waals surface area (Å²) in [6.07, 6.45) is 2.52. The first-order valence-electron chi connectivity index (χ1n) is 6.06. The molecule has 1 saturated carbocycles. The van der Waals surface area contributed by atoms with Crippen molar-refractivity contribution < 1.29 is 9.53 Å². The van der Waals surface area contributed by atoms with Crippen LogP contribution in [0.5, 0.6) is 0 Å². The molecule has 0 spiro atoms. The maximum Gasteiger partial charge on any atom is 0.326 e. The summed E-state index contributed by atoms with van der Waals surface area (Å²) in [4.78, 5) is 11.9. The Labute approximate surface area is 98.7 Å². The normalized spacial score (nSPS) is 26.1. The lowest BCUT2D eigenvalue weighted by Gasteiger charge is -2.48. The predicted octanol–water partition coefficient (Wildman–Crippen LogP) is 2.48. The molecule has 94 valence electrons. The van der Waals surface area contributed by atoms with Crippen molar-refractivity contribution in [3.8, 4) is 0 Å². The van der Waals surface area contributed by atoms with E-state index in [1.165, 1.54) is 0 Å². The Balaban J connectivity index is 2.91. The minimum atomic E-state index is -0.804. The van der Waals surface area contributed by atoms with Gasteiger partial charge >= 0.3 is 5.97 Å². The summed E-state index contributed by atoms with van der Waals surface area (Å²) >= 11 is 0. The van der Waals surface area contributed by atoms with Gasteiger partial charge in [-0.1, -0.05) is 27.7 Å². The third-order valence-electron chi connectivity index (χ3n) is 3.23. The topological polar surface area (TPSA) is 52.3 Å². The van der Waals surface area contributed by atoms with E-state index < -0.39 is 5.54 Å². The van der Waals surface area contributed by atoms with E-state index in [1.807, 2.05) is 6.92 Å². The molecule has 0 amide bonds. The summed E-state index contributed by atoms with van der Waals surface area (Å²) in [6.45, 7) is 10.9. The quantitative estimate of drug-likeness (QED) is 0.737. The van der Waals surface area contributed by atoms with E-state index in [1.54, 1.807) is 0 Å². The maximum atomic E-state index is 11.9. The predicted molar refractivity (Wildman–Crippen MR) is 65.0 cm³/mol. The molecule has 0 aromatic carbocycles. The number of hydrogen-bond donors (Lipinski definition) is 1. The molecule has 16 heavy (non-hydrogen) atoms. The van der Waals surface area contributed by atoms with Crippen molar-refractivity contribution >= 4 is 5.97 Å². The minimum Gasteiger partial charge on any atom is -0.465 e. The highest BCUT2D eigenvalue weighted by Gasteiger charge is 2.50. The highest BCUT2D eigenvalue weighted by Crippen LogP contribution is 2.49. The monoisotopic (exact) mass is 227 g/mol. The summed E-state index contributed by atoms with van der Waals surface area (Å²) in [7, 11) is 0. The van der Waals surface area contributed by atoms with Crippen LogP contribution in [0.3, 0.4) is 0 Å². The van der Waals surface area contributed by atoms with Crippen molar-refractivity contribution in [1.82, 2.24) is 0 Å². The first-order valence-corrected chi connectivity index (χ1v) is 6.06. The van der Waals surface area contributed by atoms with Crippen LogP contribution >= 0.6 is 0 Å². The van der Waals surface area contributed by atoms with Crippen LogP contribution in [0.2, 0.25) is 0 Å². The molecule has 0 aromatic rings. The number of rotatable bonds is 2. The third kappa shape index (κ3) is 2.97. The number of carbonyl (C=O) groups excluding carboxylic acids is 1. The molecule has 1 aliphatic rings. The lowest BCUT2D eigenvalue weighted by Crippen LogP contribution is -2.57. The van der Waals surface area contributed by atoms with Gasteiger partial charge in [0.2, 0.25) is 0 Å². The van der Waals surface area contributed by atoms with Crippen LogP contribution in [0.15, 0.2) is 0 Å². The minimum absolute atomic E-state index is 0.100. The molecule has 3 nitrogen and oxygen atoms in total. The number of hydrogen-bond acceptors (Lipinski definition) is 3. The second-order valence-corrected chi connectivity index (χ2v) is 6.74. The van der Waals surface area contributed by atoms with Crippen LogP contribution < -0.4 is 5.73 Å². The van der Waals surface area contributed by atoms with Crippen LogP contribution in [-0.2, 0) is 9.53 Å². The van der Waals surface area contributed by atoms with Gasteiger partial charge in [0.05, 0.1) is 6.61 Å². The Morgan fingerprint density at radius 2 is 1.56 bits per heavy atom. The highest BCUT2D eigenvalue weighted by molar-refractivity contribution is 5.81. The van der Waals surface area contributed by atoms with E-state index in [9.17, 15) is 4.79 Å². The van der Waals surface area contributed by atoms with Crippen molar-refractivity contribution in [2.75, 3.05) is 6.61 Å². The molecule has 0 atom stereocenters. The van der Waals surface area contributed by atoms with E-state index in [2.05, 4.69) is 27.7 Å². The summed E-state index contributed by atoms with van der Waals surface area (Å²) < 4.78 is 5.11. The van der Waals surface area contributed by atoms with E-state index in [-0.39, 0.29) is 16.8 Å². The van der Waals surface area contributed by atoms with Crippen molar-refractivity contribution in [1.29, 1.82) is 0 Å².